The second-order valence-corrected chi connectivity index (χ2v) is 10.4. The molecule has 1 amide bonds. The molecule has 0 fully saturated rings. The molecule has 3 aromatic rings. The number of rotatable bonds is 8. The van der Waals surface area contributed by atoms with Crippen molar-refractivity contribution in [3.05, 3.63) is 58.1 Å². The Hall–Kier alpha value is -1.45. The summed E-state index contributed by atoms with van der Waals surface area (Å²) in [6.45, 7) is 1.80. The average Bonchev–Trinajstić information content (AvgIpc) is 3.16. The first-order chi connectivity index (χ1) is 14.0. The highest BCUT2D eigenvalue weighted by atomic mass is 35.5. The van der Waals surface area contributed by atoms with Crippen LogP contribution in [0.3, 0.4) is 0 Å². The minimum atomic E-state index is -0.380. The molecular formula is C19H17Cl2N3O2S3. The number of hydrogen-bond acceptors (Lipinski definition) is 7. The molecule has 29 heavy (non-hydrogen) atoms. The van der Waals surface area contributed by atoms with E-state index in [1.165, 1.54) is 28.7 Å². The van der Waals surface area contributed by atoms with E-state index in [1.54, 1.807) is 44.0 Å². The Kier molecular flexibility index (Phi) is 8.08. The fourth-order valence-electron chi connectivity index (χ4n) is 2.22. The average molecular weight is 486 g/mol. The third-order valence-corrected chi connectivity index (χ3v) is 7.71. The van der Waals surface area contributed by atoms with Crippen molar-refractivity contribution < 1.29 is 9.53 Å². The van der Waals surface area contributed by atoms with E-state index in [0.29, 0.717) is 15.7 Å². The Labute approximate surface area is 191 Å². The lowest BCUT2D eigenvalue weighted by molar-refractivity contribution is -0.115. The maximum atomic E-state index is 12.5. The topological polar surface area (TPSA) is 64.1 Å². The number of methoxy groups -OCH3 is 1. The number of benzene rings is 2. The predicted molar refractivity (Wildman–Crippen MR) is 123 cm³/mol. The van der Waals surface area contributed by atoms with Gasteiger partial charge in [-0.05, 0) is 36.8 Å². The SMILES string of the molecule is COc1ccc(CSc2nnc(SC(C)C(=O)Nc3c(Cl)cccc3Cl)s2)cc1. The van der Waals surface area contributed by atoms with Crippen LogP contribution < -0.4 is 10.1 Å². The minimum Gasteiger partial charge on any atom is -0.497 e. The lowest BCUT2D eigenvalue weighted by Crippen LogP contribution is -2.22. The number of carbonyl (C=O) groups is 1. The molecule has 0 saturated carbocycles. The third kappa shape index (κ3) is 6.26. The van der Waals surface area contributed by atoms with Gasteiger partial charge in [0, 0.05) is 5.75 Å². The molecule has 10 heteroatoms. The molecule has 5 nitrogen and oxygen atoms in total. The van der Waals surface area contributed by atoms with E-state index in [2.05, 4.69) is 15.5 Å². The van der Waals surface area contributed by atoms with Crippen molar-refractivity contribution in [1.82, 2.24) is 10.2 Å². The number of thioether (sulfide) groups is 2. The summed E-state index contributed by atoms with van der Waals surface area (Å²) in [6, 6.07) is 13.0. The maximum absolute atomic E-state index is 12.5. The van der Waals surface area contributed by atoms with Gasteiger partial charge in [0.2, 0.25) is 5.91 Å². The Morgan fingerprint density at radius 2 is 1.79 bits per heavy atom. The summed E-state index contributed by atoms with van der Waals surface area (Å²) in [4.78, 5) is 12.5. The quantitative estimate of drug-likeness (QED) is 0.379. The van der Waals surface area contributed by atoms with E-state index < -0.39 is 0 Å². The zero-order valence-electron chi connectivity index (χ0n) is 15.5. The van der Waals surface area contributed by atoms with Gasteiger partial charge in [0.25, 0.3) is 0 Å². The Morgan fingerprint density at radius 3 is 2.45 bits per heavy atom. The van der Waals surface area contributed by atoms with E-state index in [-0.39, 0.29) is 11.2 Å². The van der Waals surface area contributed by atoms with Gasteiger partial charge in [0.15, 0.2) is 8.68 Å². The molecular weight excluding hydrogens is 469 g/mol. The van der Waals surface area contributed by atoms with E-state index in [9.17, 15) is 4.79 Å². The Balaban J connectivity index is 1.54. The highest BCUT2D eigenvalue weighted by Gasteiger charge is 2.19. The standard InChI is InChI=1S/C19H17Cl2N3O2S3/c1-11(17(25)22-16-14(20)4-3-5-15(16)21)28-19-24-23-18(29-19)27-10-12-6-8-13(26-2)9-7-12/h3-9,11H,10H2,1-2H3,(H,22,25). The van der Waals surface area contributed by atoms with Gasteiger partial charge >= 0.3 is 0 Å². The van der Waals surface area contributed by atoms with Crippen LogP contribution in [0.1, 0.15) is 12.5 Å². The van der Waals surface area contributed by atoms with E-state index in [0.717, 1.165) is 20.2 Å². The Bertz CT molecular complexity index is 963. The molecule has 0 bridgehead atoms. The molecule has 1 heterocycles. The summed E-state index contributed by atoms with van der Waals surface area (Å²) in [5.41, 5.74) is 1.59. The second kappa shape index (κ2) is 10.5. The maximum Gasteiger partial charge on any atom is 0.237 e. The first-order valence-corrected chi connectivity index (χ1v) is 11.9. The molecule has 0 spiro atoms. The number of amides is 1. The van der Waals surface area contributed by atoms with Crippen molar-refractivity contribution in [3.63, 3.8) is 0 Å². The van der Waals surface area contributed by atoms with E-state index >= 15 is 0 Å². The van der Waals surface area contributed by atoms with Crippen molar-refractivity contribution in [2.75, 3.05) is 12.4 Å². The molecule has 1 aromatic heterocycles. The minimum absolute atomic E-state index is 0.201. The van der Waals surface area contributed by atoms with Crippen molar-refractivity contribution in [2.45, 2.75) is 26.6 Å². The van der Waals surface area contributed by atoms with Gasteiger partial charge in [0.1, 0.15) is 5.75 Å². The van der Waals surface area contributed by atoms with Crippen molar-refractivity contribution >= 4 is 69.7 Å². The summed E-state index contributed by atoms with van der Waals surface area (Å²) in [5, 5.41) is 11.6. The van der Waals surface area contributed by atoms with E-state index in [1.807, 2.05) is 24.3 Å². The molecule has 1 N–H and O–H groups in total. The van der Waals surface area contributed by atoms with Crippen LogP contribution >= 0.6 is 58.1 Å². The van der Waals surface area contributed by atoms with Crippen LogP contribution in [0, 0.1) is 0 Å². The summed E-state index contributed by atoms with van der Waals surface area (Å²) in [7, 11) is 1.65. The molecule has 3 rings (SSSR count). The zero-order valence-corrected chi connectivity index (χ0v) is 19.5. The lowest BCUT2D eigenvalue weighted by Gasteiger charge is -2.12. The number of para-hydroxylation sites is 1. The molecule has 152 valence electrons. The largest absolute Gasteiger partial charge is 0.497 e. The van der Waals surface area contributed by atoms with E-state index in [4.69, 9.17) is 27.9 Å². The van der Waals surface area contributed by atoms with Gasteiger partial charge in [-0.25, -0.2) is 0 Å². The van der Waals surface area contributed by atoms with Gasteiger partial charge in [-0.15, -0.1) is 10.2 Å². The number of carbonyl (C=O) groups excluding carboxylic acids is 1. The van der Waals surface area contributed by atoms with Gasteiger partial charge in [0.05, 0.1) is 28.1 Å². The van der Waals surface area contributed by atoms with Gasteiger partial charge in [-0.2, -0.15) is 0 Å². The normalized spacial score (nSPS) is 11.9. The number of nitrogens with zero attached hydrogens (tertiary/aromatic N) is 2. The molecule has 0 aliphatic heterocycles. The predicted octanol–water partition coefficient (Wildman–Crippen LogP) is 6.27. The third-order valence-electron chi connectivity index (χ3n) is 3.77. The smallest absolute Gasteiger partial charge is 0.237 e. The summed E-state index contributed by atoms with van der Waals surface area (Å²) in [6.07, 6.45) is 0. The Morgan fingerprint density at radius 1 is 1.14 bits per heavy atom. The number of nitrogens with one attached hydrogen (secondary N) is 1. The van der Waals surface area contributed by atoms with Crippen LogP contribution in [-0.4, -0.2) is 28.5 Å². The second-order valence-electron chi connectivity index (χ2n) is 5.82. The number of hydrogen-bond donors (Lipinski definition) is 1. The first-order valence-electron chi connectivity index (χ1n) is 8.47. The highest BCUT2D eigenvalue weighted by Crippen LogP contribution is 2.34. The van der Waals surface area contributed by atoms with Crippen LogP contribution in [-0.2, 0) is 10.5 Å². The molecule has 0 aliphatic carbocycles. The van der Waals surface area contributed by atoms with Crippen LogP contribution in [0.2, 0.25) is 10.0 Å². The molecule has 1 atom stereocenters. The fraction of sp³-hybridized carbons (Fsp3) is 0.211. The molecule has 0 radical (unpaired) electrons. The van der Waals surface area contributed by atoms with Crippen LogP contribution in [0.5, 0.6) is 5.75 Å². The fourth-order valence-corrected chi connectivity index (χ4v) is 5.83. The lowest BCUT2D eigenvalue weighted by atomic mass is 10.2. The summed E-state index contributed by atoms with van der Waals surface area (Å²) >= 11 is 16.6. The zero-order chi connectivity index (χ0) is 20.8. The summed E-state index contributed by atoms with van der Waals surface area (Å²) in [5.74, 6) is 1.41. The van der Waals surface area contributed by atoms with Crippen molar-refractivity contribution in [3.8, 4) is 5.75 Å². The molecule has 0 saturated heterocycles. The number of ether oxygens (including phenoxy) is 1. The van der Waals surface area contributed by atoms with Crippen molar-refractivity contribution in [1.29, 1.82) is 0 Å². The van der Waals surface area contributed by atoms with Crippen molar-refractivity contribution in [2.24, 2.45) is 0 Å². The molecule has 2 aromatic carbocycles. The van der Waals surface area contributed by atoms with Gasteiger partial charge in [-0.3, -0.25) is 4.79 Å². The number of anilines is 1. The van der Waals surface area contributed by atoms with Gasteiger partial charge < -0.3 is 10.1 Å². The molecule has 1 unspecified atom stereocenters. The van der Waals surface area contributed by atoms with Crippen LogP contribution in [0.15, 0.2) is 51.1 Å². The first kappa shape index (κ1) is 22.2. The monoisotopic (exact) mass is 485 g/mol. The number of aromatic nitrogens is 2. The van der Waals surface area contributed by atoms with Crippen LogP contribution in [0.25, 0.3) is 0 Å². The highest BCUT2D eigenvalue weighted by molar-refractivity contribution is 8.03. The van der Waals surface area contributed by atoms with Crippen LogP contribution in [0.4, 0.5) is 5.69 Å². The molecule has 0 aliphatic rings. The number of halogens is 2. The summed E-state index contributed by atoms with van der Waals surface area (Å²) < 4.78 is 6.75. The van der Waals surface area contributed by atoms with Gasteiger partial charge in [-0.1, -0.05) is 76.3 Å².